The summed E-state index contributed by atoms with van der Waals surface area (Å²) < 4.78 is 6.87. The zero-order chi connectivity index (χ0) is 11.5. The summed E-state index contributed by atoms with van der Waals surface area (Å²) in [6.07, 6.45) is 1.15. The molecule has 0 aliphatic carbocycles. The van der Waals surface area contributed by atoms with Crippen molar-refractivity contribution in [1.82, 2.24) is 5.32 Å². The second-order valence-electron chi connectivity index (χ2n) is 4.14. The summed E-state index contributed by atoms with van der Waals surface area (Å²) in [4.78, 5) is 0. The van der Waals surface area contributed by atoms with Gasteiger partial charge in [0.05, 0.1) is 15.3 Å². The van der Waals surface area contributed by atoms with Crippen LogP contribution in [0.5, 0.6) is 0 Å². The average molecular weight is 280 g/mol. The first-order valence-electron chi connectivity index (χ1n) is 5.42. The molecule has 0 saturated carbocycles. The van der Waals surface area contributed by atoms with Crippen molar-refractivity contribution in [2.45, 2.75) is 19.4 Å². The third-order valence-corrected chi connectivity index (χ3v) is 4.40. The summed E-state index contributed by atoms with van der Waals surface area (Å²) in [5.41, 5.74) is 1.09. The van der Waals surface area contributed by atoms with Crippen molar-refractivity contribution in [2.24, 2.45) is 5.92 Å². The van der Waals surface area contributed by atoms with Crippen molar-refractivity contribution < 1.29 is 4.74 Å². The Morgan fingerprint density at radius 3 is 3.00 bits per heavy atom. The predicted molar refractivity (Wildman–Crippen MR) is 69.7 cm³/mol. The zero-order valence-electron chi connectivity index (χ0n) is 9.13. The lowest BCUT2D eigenvalue weighted by atomic mass is 10.1. The largest absolute Gasteiger partial charge is 0.381 e. The van der Waals surface area contributed by atoms with E-state index < -0.39 is 0 Å². The van der Waals surface area contributed by atoms with Gasteiger partial charge in [0, 0.05) is 19.2 Å². The SMILES string of the molecule is CC(NCC1CCOC1)c1cc(Cl)sc1Cl. The first-order chi connectivity index (χ1) is 7.66. The van der Waals surface area contributed by atoms with Crippen LogP contribution in [0.3, 0.4) is 0 Å². The Morgan fingerprint density at radius 1 is 1.62 bits per heavy atom. The van der Waals surface area contributed by atoms with Crippen LogP contribution in [-0.2, 0) is 4.74 Å². The summed E-state index contributed by atoms with van der Waals surface area (Å²) in [6, 6.07) is 2.19. The summed E-state index contributed by atoms with van der Waals surface area (Å²) in [5, 5.41) is 3.48. The van der Waals surface area contributed by atoms with E-state index >= 15 is 0 Å². The summed E-state index contributed by atoms with van der Waals surface area (Å²) >= 11 is 13.4. The van der Waals surface area contributed by atoms with E-state index in [1.54, 1.807) is 0 Å². The third-order valence-electron chi connectivity index (χ3n) is 2.89. The van der Waals surface area contributed by atoms with E-state index in [1.165, 1.54) is 11.3 Å². The molecule has 90 valence electrons. The standard InChI is InChI=1S/C11H15Cl2NOS/c1-7(9-4-10(12)16-11(9)13)14-5-8-2-3-15-6-8/h4,7-8,14H,2-3,5-6H2,1H3. The molecule has 1 aliphatic rings. The lowest BCUT2D eigenvalue weighted by Gasteiger charge is -2.15. The van der Waals surface area contributed by atoms with Crippen LogP contribution in [0.15, 0.2) is 6.07 Å². The number of thiophene rings is 1. The van der Waals surface area contributed by atoms with Crippen LogP contribution < -0.4 is 5.32 Å². The number of rotatable bonds is 4. The van der Waals surface area contributed by atoms with E-state index in [-0.39, 0.29) is 6.04 Å². The molecular weight excluding hydrogens is 265 g/mol. The monoisotopic (exact) mass is 279 g/mol. The molecule has 1 aliphatic heterocycles. The van der Waals surface area contributed by atoms with Gasteiger partial charge in [0.15, 0.2) is 0 Å². The molecule has 0 aromatic carbocycles. The molecule has 2 rings (SSSR count). The second-order valence-corrected chi connectivity index (χ2v) is 6.42. The first-order valence-corrected chi connectivity index (χ1v) is 7.00. The number of hydrogen-bond acceptors (Lipinski definition) is 3. The molecule has 1 aromatic heterocycles. The van der Waals surface area contributed by atoms with Crippen LogP contribution in [0.4, 0.5) is 0 Å². The molecule has 2 unspecified atom stereocenters. The van der Waals surface area contributed by atoms with E-state index in [4.69, 9.17) is 27.9 Å². The van der Waals surface area contributed by atoms with Gasteiger partial charge in [-0.25, -0.2) is 0 Å². The Bertz CT molecular complexity index is 350. The number of halogens is 2. The van der Waals surface area contributed by atoms with Crippen LogP contribution in [-0.4, -0.2) is 19.8 Å². The molecular formula is C11H15Cl2NOS. The molecule has 1 fully saturated rings. The Hall–Kier alpha value is 0.200. The Kier molecular flexibility index (Phi) is 4.50. The van der Waals surface area contributed by atoms with Crippen molar-refractivity contribution in [3.8, 4) is 0 Å². The Balaban J connectivity index is 1.87. The fourth-order valence-electron chi connectivity index (χ4n) is 1.85. The highest BCUT2D eigenvalue weighted by Crippen LogP contribution is 2.34. The van der Waals surface area contributed by atoms with E-state index in [9.17, 15) is 0 Å². The summed E-state index contributed by atoms with van der Waals surface area (Å²) in [7, 11) is 0. The van der Waals surface area contributed by atoms with Gasteiger partial charge in [0.25, 0.3) is 0 Å². The quantitative estimate of drug-likeness (QED) is 0.907. The number of ether oxygens (including phenoxy) is 1. The van der Waals surface area contributed by atoms with Gasteiger partial charge in [-0.3, -0.25) is 0 Å². The topological polar surface area (TPSA) is 21.3 Å². The van der Waals surface area contributed by atoms with Gasteiger partial charge in [-0.15, -0.1) is 11.3 Å². The normalized spacial score (nSPS) is 22.6. The predicted octanol–water partition coefficient (Wildman–Crippen LogP) is 3.74. The maximum atomic E-state index is 6.10. The minimum absolute atomic E-state index is 0.247. The highest BCUT2D eigenvalue weighted by molar-refractivity contribution is 7.20. The fraction of sp³-hybridized carbons (Fsp3) is 0.636. The maximum absolute atomic E-state index is 6.10. The lowest BCUT2D eigenvalue weighted by molar-refractivity contribution is 0.184. The van der Waals surface area contributed by atoms with Crippen LogP contribution in [0, 0.1) is 5.92 Å². The van der Waals surface area contributed by atoms with Crippen molar-refractivity contribution in [3.63, 3.8) is 0 Å². The maximum Gasteiger partial charge on any atom is 0.0991 e. The van der Waals surface area contributed by atoms with Crippen molar-refractivity contribution in [3.05, 3.63) is 20.3 Å². The zero-order valence-corrected chi connectivity index (χ0v) is 11.5. The molecule has 0 bridgehead atoms. The van der Waals surface area contributed by atoms with Crippen molar-refractivity contribution >= 4 is 34.5 Å². The van der Waals surface area contributed by atoms with E-state index in [1.807, 2.05) is 6.07 Å². The van der Waals surface area contributed by atoms with Gasteiger partial charge in [-0.2, -0.15) is 0 Å². The molecule has 0 radical (unpaired) electrons. The van der Waals surface area contributed by atoms with Crippen molar-refractivity contribution in [2.75, 3.05) is 19.8 Å². The molecule has 0 amide bonds. The van der Waals surface area contributed by atoms with Gasteiger partial charge >= 0.3 is 0 Å². The van der Waals surface area contributed by atoms with Gasteiger partial charge in [-0.05, 0) is 30.9 Å². The van der Waals surface area contributed by atoms with Gasteiger partial charge < -0.3 is 10.1 Å². The minimum Gasteiger partial charge on any atom is -0.381 e. The van der Waals surface area contributed by atoms with E-state index in [0.717, 1.165) is 40.4 Å². The highest BCUT2D eigenvalue weighted by atomic mass is 35.5. The van der Waals surface area contributed by atoms with Crippen LogP contribution >= 0.6 is 34.5 Å². The molecule has 1 N–H and O–H groups in total. The van der Waals surface area contributed by atoms with Crippen LogP contribution in [0.25, 0.3) is 0 Å². The lowest BCUT2D eigenvalue weighted by Crippen LogP contribution is -2.25. The van der Waals surface area contributed by atoms with Crippen molar-refractivity contribution in [1.29, 1.82) is 0 Å². The summed E-state index contributed by atoms with van der Waals surface area (Å²) in [5.74, 6) is 0.635. The fourth-order valence-corrected chi connectivity index (χ4v) is 3.49. The number of nitrogens with one attached hydrogen (secondary N) is 1. The first kappa shape index (κ1) is 12.7. The molecule has 5 heteroatoms. The summed E-state index contributed by atoms with van der Waals surface area (Å²) in [6.45, 7) is 4.86. The molecule has 1 aromatic rings. The Labute approximate surface area is 110 Å². The van der Waals surface area contributed by atoms with E-state index in [0.29, 0.717) is 5.92 Å². The highest BCUT2D eigenvalue weighted by Gasteiger charge is 2.18. The molecule has 2 nitrogen and oxygen atoms in total. The molecule has 2 atom stereocenters. The van der Waals surface area contributed by atoms with Gasteiger partial charge in [0.2, 0.25) is 0 Å². The molecule has 0 spiro atoms. The second kappa shape index (κ2) is 5.69. The van der Waals surface area contributed by atoms with Gasteiger partial charge in [-0.1, -0.05) is 23.2 Å². The third kappa shape index (κ3) is 3.11. The molecule has 16 heavy (non-hydrogen) atoms. The van der Waals surface area contributed by atoms with E-state index in [2.05, 4.69) is 12.2 Å². The van der Waals surface area contributed by atoms with Gasteiger partial charge in [0.1, 0.15) is 0 Å². The van der Waals surface area contributed by atoms with Crippen LogP contribution in [0.1, 0.15) is 24.9 Å². The molecule has 2 heterocycles. The Morgan fingerprint density at radius 2 is 2.44 bits per heavy atom. The molecule has 1 saturated heterocycles. The van der Waals surface area contributed by atoms with Crippen LogP contribution in [0.2, 0.25) is 8.67 Å². The number of hydrogen-bond donors (Lipinski definition) is 1. The smallest absolute Gasteiger partial charge is 0.0991 e. The average Bonchev–Trinajstić information content (AvgIpc) is 2.84. The minimum atomic E-state index is 0.247.